The van der Waals surface area contributed by atoms with Crippen molar-refractivity contribution in [1.82, 2.24) is 4.90 Å². The summed E-state index contributed by atoms with van der Waals surface area (Å²) in [7, 11) is 1.66. The number of carbonyl (C=O) groups is 1. The van der Waals surface area contributed by atoms with Gasteiger partial charge in [0.1, 0.15) is 5.75 Å². The first-order valence-corrected chi connectivity index (χ1v) is 9.52. The predicted molar refractivity (Wildman–Crippen MR) is 103 cm³/mol. The molecule has 2 fully saturated rings. The summed E-state index contributed by atoms with van der Waals surface area (Å²) in [6.45, 7) is 3.10. The molecule has 4 nitrogen and oxygen atoms in total. The van der Waals surface area contributed by atoms with Crippen molar-refractivity contribution in [2.45, 2.75) is 25.3 Å². The number of methoxy groups -OCH3 is 1. The van der Waals surface area contributed by atoms with Crippen LogP contribution in [0.2, 0.25) is 0 Å². The average molecular weight is 350 g/mol. The van der Waals surface area contributed by atoms with Crippen LogP contribution in [0.15, 0.2) is 54.6 Å². The first-order valence-electron chi connectivity index (χ1n) is 9.52. The van der Waals surface area contributed by atoms with Crippen LogP contribution in [0.25, 0.3) is 0 Å². The molecule has 4 heteroatoms. The van der Waals surface area contributed by atoms with Crippen LogP contribution in [-0.2, 0) is 4.79 Å². The minimum atomic E-state index is 0.0394. The van der Waals surface area contributed by atoms with Crippen LogP contribution in [0.3, 0.4) is 0 Å². The van der Waals surface area contributed by atoms with Crippen LogP contribution in [0.1, 0.15) is 30.9 Å². The summed E-state index contributed by atoms with van der Waals surface area (Å²) in [4.78, 5) is 17.5. The number of carbonyl (C=O) groups excluding carboxylic acids is 1. The Balaban J connectivity index is 1.59. The SMILES string of the molecule is COc1ccc(N2C(=O)[C@@H](CN3CCCCC3)[C@H]2c2ccccc2)cc1. The lowest BCUT2D eigenvalue weighted by atomic mass is 9.81. The second kappa shape index (κ2) is 7.50. The zero-order valence-electron chi connectivity index (χ0n) is 15.3. The number of hydrogen-bond acceptors (Lipinski definition) is 3. The van der Waals surface area contributed by atoms with Gasteiger partial charge in [-0.2, -0.15) is 0 Å². The smallest absolute Gasteiger partial charge is 0.234 e. The number of ether oxygens (including phenoxy) is 1. The number of nitrogens with zero attached hydrogens (tertiary/aromatic N) is 2. The van der Waals surface area contributed by atoms with E-state index in [-0.39, 0.29) is 17.9 Å². The van der Waals surface area contributed by atoms with E-state index in [2.05, 4.69) is 29.2 Å². The number of rotatable bonds is 5. The molecule has 0 aromatic heterocycles. The molecular formula is C22H26N2O2. The van der Waals surface area contributed by atoms with Crippen molar-refractivity contribution in [2.24, 2.45) is 5.92 Å². The van der Waals surface area contributed by atoms with Gasteiger partial charge in [-0.1, -0.05) is 36.8 Å². The van der Waals surface area contributed by atoms with Gasteiger partial charge in [0.25, 0.3) is 0 Å². The molecule has 2 atom stereocenters. The van der Waals surface area contributed by atoms with Gasteiger partial charge in [-0.25, -0.2) is 0 Å². The fourth-order valence-corrected chi connectivity index (χ4v) is 4.21. The van der Waals surface area contributed by atoms with Crippen LogP contribution in [0, 0.1) is 5.92 Å². The maximum atomic E-state index is 13.0. The monoisotopic (exact) mass is 350 g/mol. The number of piperidine rings is 1. The van der Waals surface area contributed by atoms with Gasteiger partial charge >= 0.3 is 0 Å². The van der Waals surface area contributed by atoms with Crippen LogP contribution < -0.4 is 9.64 Å². The van der Waals surface area contributed by atoms with Crippen LogP contribution >= 0.6 is 0 Å². The van der Waals surface area contributed by atoms with E-state index in [1.807, 2.05) is 35.2 Å². The molecule has 0 radical (unpaired) electrons. The van der Waals surface area contributed by atoms with Crippen LogP contribution in [0.4, 0.5) is 5.69 Å². The van der Waals surface area contributed by atoms with Crippen molar-refractivity contribution in [2.75, 3.05) is 31.6 Å². The van der Waals surface area contributed by atoms with E-state index in [9.17, 15) is 4.79 Å². The lowest BCUT2D eigenvalue weighted by molar-refractivity contribution is -0.131. The van der Waals surface area contributed by atoms with Gasteiger partial charge in [-0.3, -0.25) is 4.79 Å². The van der Waals surface area contributed by atoms with E-state index in [1.54, 1.807) is 7.11 Å². The van der Waals surface area contributed by atoms with Crippen molar-refractivity contribution < 1.29 is 9.53 Å². The maximum Gasteiger partial charge on any atom is 0.234 e. The lowest BCUT2D eigenvalue weighted by Gasteiger charge is -2.49. The molecule has 1 amide bonds. The molecule has 2 saturated heterocycles. The minimum absolute atomic E-state index is 0.0394. The van der Waals surface area contributed by atoms with Gasteiger partial charge in [-0.15, -0.1) is 0 Å². The fourth-order valence-electron chi connectivity index (χ4n) is 4.21. The number of amides is 1. The molecular weight excluding hydrogens is 324 g/mol. The van der Waals surface area contributed by atoms with E-state index in [4.69, 9.17) is 4.74 Å². The second-order valence-corrected chi connectivity index (χ2v) is 7.23. The first-order chi connectivity index (χ1) is 12.8. The van der Waals surface area contributed by atoms with E-state index < -0.39 is 0 Å². The Labute approximate surface area is 155 Å². The molecule has 0 bridgehead atoms. The molecule has 2 aromatic carbocycles. The number of benzene rings is 2. The molecule has 0 spiro atoms. The van der Waals surface area contributed by atoms with Gasteiger partial charge in [-0.05, 0) is 55.8 Å². The topological polar surface area (TPSA) is 32.8 Å². The lowest BCUT2D eigenvalue weighted by Crippen LogP contribution is -2.59. The molecule has 136 valence electrons. The molecule has 0 N–H and O–H groups in total. The largest absolute Gasteiger partial charge is 0.497 e. The number of likely N-dealkylation sites (tertiary alicyclic amines) is 1. The van der Waals surface area contributed by atoms with Crippen molar-refractivity contribution in [3.8, 4) is 5.75 Å². The molecule has 2 aromatic rings. The van der Waals surface area contributed by atoms with Crippen molar-refractivity contribution in [3.63, 3.8) is 0 Å². The molecule has 0 aliphatic carbocycles. The van der Waals surface area contributed by atoms with Crippen LogP contribution in [-0.4, -0.2) is 37.6 Å². The summed E-state index contributed by atoms with van der Waals surface area (Å²) in [5.74, 6) is 1.08. The Morgan fingerprint density at radius 3 is 2.31 bits per heavy atom. The number of hydrogen-bond donors (Lipinski definition) is 0. The Hall–Kier alpha value is -2.33. The molecule has 4 rings (SSSR count). The van der Waals surface area contributed by atoms with E-state index in [0.717, 1.165) is 31.1 Å². The minimum Gasteiger partial charge on any atom is -0.497 e. The van der Waals surface area contributed by atoms with Gasteiger partial charge in [0.2, 0.25) is 5.91 Å². The third-order valence-electron chi connectivity index (χ3n) is 5.61. The summed E-state index contributed by atoms with van der Waals surface area (Å²) < 4.78 is 5.25. The van der Waals surface area contributed by atoms with Crippen molar-refractivity contribution >= 4 is 11.6 Å². The Morgan fingerprint density at radius 2 is 1.65 bits per heavy atom. The quantitative estimate of drug-likeness (QED) is 0.767. The Kier molecular flexibility index (Phi) is 4.93. The van der Waals surface area contributed by atoms with Gasteiger partial charge in [0.15, 0.2) is 0 Å². The van der Waals surface area contributed by atoms with Crippen molar-refractivity contribution in [1.29, 1.82) is 0 Å². The molecule has 0 unspecified atom stereocenters. The second-order valence-electron chi connectivity index (χ2n) is 7.23. The highest BCUT2D eigenvalue weighted by Gasteiger charge is 2.49. The first kappa shape index (κ1) is 17.1. The molecule has 26 heavy (non-hydrogen) atoms. The van der Waals surface area contributed by atoms with E-state index in [0.29, 0.717) is 0 Å². The Bertz CT molecular complexity index is 738. The van der Waals surface area contributed by atoms with E-state index >= 15 is 0 Å². The van der Waals surface area contributed by atoms with Crippen molar-refractivity contribution in [3.05, 3.63) is 60.2 Å². The highest BCUT2D eigenvalue weighted by molar-refractivity contribution is 6.03. The summed E-state index contributed by atoms with van der Waals surface area (Å²) >= 11 is 0. The van der Waals surface area contributed by atoms with Gasteiger partial charge in [0, 0.05) is 12.2 Å². The van der Waals surface area contributed by atoms with E-state index in [1.165, 1.54) is 24.8 Å². The number of β-lactam (4-membered cyclic amide) rings is 1. The summed E-state index contributed by atoms with van der Waals surface area (Å²) in [6, 6.07) is 18.3. The zero-order chi connectivity index (χ0) is 17.9. The normalized spacial score (nSPS) is 23.6. The molecule has 2 heterocycles. The average Bonchev–Trinajstić information content (AvgIpc) is 2.71. The highest BCUT2D eigenvalue weighted by Crippen LogP contribution is 2.44. The number of anilines is 1. The Morgan fingerprint density at radius 1 is 0.962 bits per heavy atom. The third kappa shape index (κ3) is 3.21. The molecule has 2 aliphatic rings. The predicted octanol–water partition coefficient (Wildman–Crippen LogP) is 3.89. The summed E-state index contributed by atoms with van der Waals surface area (Å²) in [5, 5.41) is 0. The molecule has 0 saturated carbocycles. The van der Waals surface area contributed by atoms with Crippen LogP contribution in [0.5, 0.6) is 5.75 Å². The molecule has 2 aliphatic heterocycles. The highest BCUT2D eigenvalue weighted by atomic mass is 16.5. The zero-order valence-corrected chi connectivity index (χ0v) is 15.3. The maximum absolute atomic E-state index is 13.0. The summed E-state index contributed by atoms with van der Waals surface area (Å²) in [5.41, 5.74) is 2.16. The standard InChI is InChI=1S/C22H26N2O2/c1-26-19-12-10-18(11-13-19)24-21(17-8-4-2-5-9-17)20(22(24)25)16-23-14-6-3-7-15-23/h2,4-5,8-13,20-21H,3,6-7,14-16H2,1H3/t20-,21+/m0/s1. The summed E-state index contributed by atoms with van der Waals surface area (Å²) in [6.07, 6.45) is 3.81. The van der Waals surface area contributed by atoms with Gasteiger partial charge < -0.3 is 14.5 Å². The fraction of sp³-hybridized carbons (Fsp3) is 0.409. The third-order valence-corrected chi connectivity index (χ3v) is 5.61. The van der Waals surface area contributed by atoms with Gasteiger partial charge in [0.05, 0.1) is 19.1 Å².